The zero-order chi connectivity index (χ0) is 14.0. The summed E-state index contributed by atoms with van der Waals surface area (Å²) in [6.07, 6.45) is 0. The molecule has 1 aromatic heterocycles. The van der Waals surface area contributed by atoms with Gasteiger partial charge in [-0.2, -0.15) is 5.26 Å². The smallest absolute Gasteiger partial charge is 0.144 e. The van der Waals surface area contributed by atoms with Crippen molar-refractivity contribution in [3.05, 3.63) is 47.0 Å². The number of hydrogen-bond donors (Lipinski definition) is 1. The van der Waals surface area contributed by atoms with Crippen molar-refractivity contribution in [2.75, 3.05) is 12.4 Å². The molecule has 1 heterocycles. The summed E-state index contributed by atoms with van der Waals surface area (Å²) >= 11 is 0. The first-order valence-electron chi connectivity index (χ1n) is 5.61. The molecule has 0 spiro atoms. The first kappa shape index (κ1) is 13.0. The van der Waals surface area contributed by atoms with Crippen LogP contribution in [0.3, 0.4) is 0 Å². The number of pyridine rings is 1. The SMILES string of the molecule is CNc1nc(-c2cc(F)c(C)cc2F)ccc1C#N. The average molecular weight is 259 g/mol. The molecule has 0 aliphatic rings. The minimum absolute atomic E-state index is 0.0732. The number of nitrogens with zero attached hydrogens (tertiary/aromatic N) is 2. The van der Waals surface area contributed by atoms with E-state index in [0.717, 1.165) is 12.1 Å². The number of nitriles is 1. The topological polar surface area (TPSA) is 48.7 Å². The average Bonchev–Trinajstić information content (AvgIpc) is 2.42. The highest BCUT2D eigenvalue weighted by Crippen LogP contribution is 2.26. The second-order valence-corrected chi connectivity index (χ2v) is 4.04. The molecule has 96 valence electrons. The molecule has 0 bridgehead atoms. The lowest BCUT2D eigenvalue weighted by Crippen LogP contribution is -1.99. The van der Waals surface area contributed by atoms with Crippen LogP contribution in [0.1, 0.15) is 11.1 Å². The van der Waals surface area contributed by atoms with Gasteiger partial charge in [0.15, 0.2) is 0 Å². The van der Waals surface area contributed by atoms with Gasteiger partial charge in [-0.25, -0.2) is 13.8 Å². The van der Waals surface area contributed by atoms with E-state index >= 15 is 0 Å². The maximum absolute atomic E-state index is 13.8. The molecule has 0 radical (unpaired) electrons. The molecule has 5 heteroatoms. The van der Waals surface area contributed by atoms with E-state index in [0.29, 0.717) is 11.4 Å². The number of hydrogen-bond acceptors (Lipinski definition) is 3. The van der Waals surface area contributed by atoms with E-state index in [-0.39, 0.29) is 16.8 Å². The number of benzene rings is 1. The Morgan fingerprint density at radius 3 is 2.58 bits per heavy atom. The third kappa shape index (κ3) is 2.38. The number of aromatic nitrogens is 1. The lowest BCUT2D eigenvalue weighted by molar-refractivity contribution is 0.595. The van der Waals surface area contributed by atoms with Crippen molar-refractivity contribution in [1.29, 1.82) is 5.26 Å². The Labute approximate surface area is 109 Å². The molecule has 0 saturated heterocycles. The molecule has 2 rings (SSSR count). The largest absolute Gasteiger partial charge is 0.372 e. The Hall–Kier alpha value is -2.48. The van der Waals surface area contributed by atoms with Gasteiger partial charge in [0.05, 0.1) is 11.3 Å². The lowest BCUT2D eigenvalue weighted by atomic mass is 10.1. The zero-order valence-corrected chi connectivity index (χ0v) is 10.5. The van der Waals surface area contributed by atoms with Crippen LogP contribution >= 0.6 is 0 Å². The van der Waals surface area contributed by atoms with Crippen molar-refractivity contribution in [1.82, 2.24) is 4.98 Å². The Bertz CT molecular complexity index is 675. The van der Waals surface area contributed by atoms with Gasteiger partial charge in [-0.15, -0.1) is 0 Å². The van der Waals surface area contributed by atoms with Gasteiger partial charge in [-0.3, -0.25) is 0 Å². The van der Waals surface area contributed by atoms with Crippen LogP contribution in [0.2, 0.25) is 0 Å². The molecule has 0 amide bonds. The fraction of sp³-hybridized carbons (Fsp3) is 0.143. The van der Waals surface area contributed by atoms with Crippen molar-refractivity contribution < 1.29 is 8.78 Å². The Morgan fingerprint density at radius 2 is 1.95 bits per heavy atom. The van der Waals surface area contributed by atoms with Gasteiger partial charge < -0.3 is 5.32 Å². The molecule has 1 aromatic carbocycles. The quantitative estimate of drug-likeness (QED) is 0.900. The van der Waals surface area contributed by atoms with Crippen molar-refractivity contribution in [3.63, 3.8) is 0 Å². The van der Waals surface area contributed by atoms with Gasteiger partial charge in [-0.1, -0.05) is 0 Å². The summed E-state index contributed by atoms with van der Waals surface area (Å²) in [5, 5.41) is 11.6. The van der Waals surface area contributed by atoms with Gasteiger partial charge in [0.1, 0.15) is 23.5 Å². The molecule has 0 aliphatic heterocycles. The highest BCUT2D eigenvalue weighted by molar-refractivity contribution is 5.65. The van der Waals surface area contributed by atoms with Gasteiger partial charge in [0, 0.05) is 12.6 Å². The molecule has 19 heavy (non-hydrogen) atoms. The Kier molecular flexibility index (Phi) is 3.43. The standard InChI is InChI=1S/C14H11F2N3/c1-8-5-12(16)10(6-11(8)15)13-4-3-9(7-17)14(18-2)19-13/h3-6H,1-2H3,(H,18,19). The number of anilines is 1. The molecule has 0 saturated carbocycles. The zero-order valence-electron chi connectivity index (χ0n) is 10.5. The number of nitrogens with one attached hydrogen (secondary N) is 1. The summed E-state index contributed by atoms with van der Waals surface area (Å²) in [4.78, 5) is 4.12. The maximum Gasteiger partial charge on any atom is 0.144 e. The van der Waals surface area contributed by atoms with Crippen LogP contribution in [0.15, 0.2) is 24.3 Å². The molecule has 0 fully saturated rings. The van der Waals surface area contributed by atoms with E-state index in [9.17, 15) is 8.78 Å². The molecule has 0 aliphatic carbocycles. The van der Waals surface area contributed by atoms with E-state index < -0.39 is 11.6 Å². The van der Waals surface area contributed by atoms with Crippen LogP contribution in [0.5, 0.6) is 0 Å². The molecule has 2 aromatic rings. The lowest BCUT2D eigenvalue weighted by Gasteiger charge is -2.08. The van der Waals surface area contributed by atoms with Gasteiger partial charge in [0.25, 0.3) is 0 Å². The first-order chi connectivity index (χ1) is 9.06. The highest BCUT2D eigenvalue weighted by Gasteiger charge is 2.12. The number of rotatable bonds is 2. The fourth-order valence-corrected chi connectivity index (χ4v) is 1.73. The summed E-state index contributed by atoms with van der Waals surface area (Å²) in [7, 11) is 1.61. The van der Waals surface area contributed by atoms with Crippen LogP contribution in [0.4, 0.5) is 14.6 Å². The minimum atomic E-state index is -0.543. The third-order valence-electron chi connectivity index (χ3n) is 2.78. The molecule has 0 unspecified atom stereocenters. The Morgan fingerprint density at radius 1 is 1.21 bits per heavy atom. The monoisotopic (exact) mass is 259 g/mol. The summed E-state index contributed by atoms with van der Waals surface area (Å²) in [6, 6.07) is 7.22. The van der Waals surface area contributed by atoms with E-state index in [1.165, 1.54) is 19.1 Å². The van der Waals surface area contributed by atoms with Crippen molar-refractivity contribution in [2.45, 2.75) is 6.92 Å². The van der Waals surface area contributed by atoms with E-state index in [1.54, 1.807) is 7.05 Å². The highest BCUT2D eigenvalue weighted by atomic mass is 19.1. The molecular weight excluding hydrogens is 248 g/mol. The molecule has 3 nitrogen and oxygen atoms in total. The fourth-order valence-electron chi connectivity index (χ4n) is 1.73. The van der Waals surface area contributed by atoms with Crippen molar-refractivity contribution in [3.8, 4) is 17.3 Å². The summed E-state index contributed by atoms with van der Waals surface area (Å²) in [5.41, 5.74) is 0.937. The van der Waals surface area contributed by atoms with E-state index in [1.807, 2.05) is 6.07 Å². The minimum Gasteiger partial charge on any atom is -0.372 e. The summed E-state index contributed by atoms with van der Waals surface area (Å²) in [6.45, 7) is 1.49. The maximum atomic E-state index is 13.8. The first-order valence-corrected chi connectivity index (χ1v) is 5.61. The van der Waals surface area contributed by atoms with Crippen molar-refractivity contribution >= 4 is 5.82 Å². The predicted molar refractivity (Wildman–Crippen MR) is 68.6 cm³/mol. The van der Waals surface area contributed by atoms with Crippen LogP contribution in [-0.4, -0.2) is 12.0 Å². The predicted octanol–water partition coefficient (Wildman–Crippen LogP) is 3.25. The number of halogens is 2. The Balaban J connectivity index is 2.60. The second kappa shape index (κ2) is 5.02. The summed E-state index contributed by atoms with van der Waals surface area (Å²) in [5.74, 6) is -0.702. The van der Waals surface area contributed by atoms with Crippen LogP contribution in [0.25, 0.3) is 11.3 Å². The van der Waals surface area contributed by atoms with E-state index in [4.69, 9.17) is 5.26 Å². The molecular formula is C14H11F2N3. The van der Waals surface area contributed by atoms with Gasteiger partial charge in [0.2, 0.25) is 0 Å². The second-order valence-electron chi connectivity index (χ2n) is 4.04. The van der Waals surface area contributed by atoms with Crippen molar-refractivity contribution in [2.24, 2.45) is 0 Å². The summed E-state index contributed by atoms with van der Waals surface area (Å²) < 4.78 is 27.4. The third-order valence-corrected chi connectivity index (χ3v) is 2.78. The van der Waals surface area contributed by atoms with Crippen LogP contribution in [-0.2, 0) is 0 Å². The van der Waals surface area contributed by atoms with Gasteiger partial charge >= 0.3 is 0 Å². The van der Waals surface area contributed by atoms with E-state index in [2.05, 4.69) is 10.3 Å². The molecule has 0 atom stereocenters. The number of aryl methyl sites for hydroxylation is 1. The van der Waals surface area contributed by atoms with Crippen LogP contribution in [0, 0.1) is 29.9 Å². The normalized spacial score (nSPS) is 10.1. The molecule has 1 N–H and O–H groups in total. The van der Waals surface area contributed by atoms with Gasteiger partial charge in [-0.05, 0) is 36.8 Å². The van der Waals surface area contributed by atoms with Crippen LogP contribution < -0.4 is 5.32 Å².